The summed E-state index contributed by atoms with van der Waals surface area (Å²) in [5.74, 6) is -0.250. The molecule has 2 saturated heterocycles. The highest BCUT2D eigenvalue weighted by atomic mass is 32.1. The van der Waals surface area contributed by atoms with Crippen LogP contribution in [0.25, 0.3) is 10.1 Å². The lowest BCUT2D eigenvalue weighted by Crippen LogP contribution is -2.52. The zero-order valence-corrected chi connectivity index (χ0v) is 16.8. The molecule has 2 aliphatic heterocycles. The lowest BCUT2D eigenvalue weighted by Gasteiger charge is -2.28. The monoisotopic (exact) mass is 400 g/mol. The molecule has 1 aromatic carbocycles. The predicted octanol–water partition coefficient (Wildman–Crippen LogP) is 2.61. The summed E-state index contributed by atoms with van der Waals surface area (Å²) in [5.41, 5.74) is 0. The lowest BCUT2D eigenvalue weighted by molar-refractivity contribution is -0.138. The van der Waals surface area contributed by atoms with Gasteiger partial charge in [0.25, 0.3) is 5.91 Å². The molecule has 3 heterocycles. The molecule has 2 amide bonds. The highest BCUT2D eigenvalue weighted by molar-refractivity contribution is 7.20. The van der Waals surface area contributed by atoms with Crippen molar-refractivity contribution in [3.05, 3.63) is 35.2 Å². The van der Waals surface area contributed by atoms with E-state index in [9.17, 15) is 14.4 Å². The molecule has 0 aliphatic carbocycles. The number of nitrogens with one attached hydrogen (secondary N) is 1. The minimum Gasteiger partial charge on any atom is -0.368 e. The first-order chi connectivity index (χ1) is 13.4. The van der Waals surface area contributed by atoms with Gasteiger partial charge in [0.15, 0.2) is 5.78 Å². The van der Waals surface area contributed by atoms with Crippen LogP contribution < -0.4 is 5.32 Å². The van der Waals surface area contributed by atoms with Crippen molar-refractivity contribution in [3.8, 4) is 0 Å². The number of thiophene rings is 1. The second-order valence-corrected chi connectivity index (χ2v) is 8.97. The summed E-state index contributed by atoms with van der Waals surface area (Å²) in [6.45, 7) is 4.60. The van der Waals surface area contributed by atoms with Crippen LogP contribution in [0.4, 0.5) is 0 Å². The van der Waals surface area contributed by atoms with Gasteiger partial charge in [-0.3, -0.25) is 14.4 Å². The summed E-state index contributed by atoms with van der Waals surface area (Å²) in [5, 5.41) is 3.94. The molecule has 2 aromatic rings. The van der Waals surface area contributed by atoms with E-state index in [4.69, 9.17) is 4.74 Å². The summed E-state index contributed by atoms with van der Waals surface area (Å²) in [7, 11) is 0. The van der Waals surface area contributed by atoms with Crippen molar-refractivity contribution < 1.29 is 19.1 Å². The quantitative estimate of drug-likeness (QED) is 0.837. The van der Waals surface area contributed by atoms with Crippen molar-refractivity contribution in [2.24, 2.45) is 5.92 Å². The van der Waals surface area contributed by atoms with E-state index in [0.29, 0.717) is 24.3 Å². The average molecular weight is 401 g/mol. The topological polar surface area (TPSA) is 75.7 Å². The average Bonchev–Trinajstić information content (AvgIpc) is 3.36. The maximum absolute atomic E-state index is 13.2. The highest BCUT2D eigenvalue weighted by Crippen LogP contribution is 2.29. The molecule has 1 aromatic heterocycles. The summed E-state index contributed by atoms with van der Waals surface area (Å²) < 4.78 is 6.52. The normalized spacial score (nSPS) is 22.7. The van der Waals surface area contributed by atoms with Crippen molar-refractivity contribution in [1.29, 1.82) is 0 Å². The fourth-order valence-corrected chi connectivity index (χ4v) is 5.02. The molecule has 0 radical (unpaired) electrons. The van der Waals surface area contributed by atoms with Gasteiger partial charge in [-0.25, -0.2) is 0 Å². The first-order valence-corrected chi connectivity index (χ1v) is 10.5. The number of hydrogen-bond donors (Lipinski definition) is 1. The fourth-order valence-electron chi connectivity index (χ4n) is 4.06. The molecule has 28 heavy (non-hydrogen) atoms. The van der Waals surface area contributed by atoms with E-state index < -0.39 is 12.1 Å². The summed E-state index contributed by atoms with van der Waals surface area (Å²) in [4.78, 5) is 40.4. The smallest absolute Gasteiger partial charge is 0.262 e. The van der Waals surface area contributed by atoms with Gasteiger partial charge in [-0.15, -0.1) is 11.3 Å². The van der Waals surface area contributed by atoms with E-state index in [1.807, 2.05) is 44.2 Å². The van der Waals surface area contributed by atoms with E-state index in [0.717, 1.165) is 10.1 Å². The maximum atomic E-state index is 13.2. The Bertz CT molecular complexity index is 889. The fraction of sp³-hybridized carbons (Fsp3) is 0.476. The van der Waals surface area contributed by atoms with Crippen LogP contribution in [0.1, 0.15) is 36.4 Å². The number of rotatable bonds is 5. The molecule has 3 atom stereocenters. The maximum Gasteiger partial charge on any atom is 0.262 e. The van der Waals surface area contributed by atoms with Crippen molar-refractivity contribution in [1.82, 2.24) is 10.2 Å². The first kappa shape index (κ1) is 19.1. The molecular formula is C21H24N2O4S. The molecular weight excluding hydrogens is 376 g/mol. The molecule has 3 unspecified atom stereocenters. The molecule has 0 bridgehead atoms. The Hall–Kier alpha value is -2.25. The molecule has 4 rings (SSSR count). The molecule has 148 valence electrons. The number of ketones is 1. The third kappa shape index (κ3) is 3.56. The highest BCUT2D eigenvalue weighted by Gasteiger charge is 2.48. The number of hydrogen-bond acceptors (Lipinski definition) is 5. The Morgan fingerprint density at radius 1 is 1.32 bits per heavy atom. The number of nitrogens with zero attached hydrogens (tertiary/aromatic N) is 1. The molecule has 6 nitrogen and oxygen atoms in total. The van der Waals surface area contributed by atoms with Gasteiger partial charge < -0.3 is 15.0 Å². The molecule has 1 N–H and O–H groups in total. The van der Waals surface area contributed by atoms with Crippen LogP contribution in [-0.4, -0.2) is 53.8 Å². The van der Waals surface area contributed by atoms with Crippen LogP contribution in [-0.2, 0) is 14.3 Å². The van der Waals surface area contributed by atoms with Crippen molar-refractivity contribution in [2.45, 2.75) is 44.9 Å². The van der Waals surface area contributed by atoms with Crippen LogP contribution in [0.3, 0.4) is 0 Å². The van der Waals surface area contributed by atoms with Crippen LogP contribution in [0.5, 0.6) is 0 Å². The third-order valence-electron chi connectivity index (χ3n) is 5.35. The van der Waals surface area contributed by atoms with E-state index in [-0.39, 0.29) is 36.2 Å². The first-order valence-electron chi connectivity index (χ1n) is 9.68. The number of ether oxygens (including phenoxy) is 1. The number of Topliss-reactive ketones (excluding diaryl/α,β-unsaturated/α-hetero) is 1. The van der Waals surface area contributed by atoms with Gasteiger partial charge in [-0.1, -0.05) is 32.0 Å². The summed E-state index contributed by atoms with van der Waals surface area (Å²) in [6, 6.07) is 8.53. The van der Waals surface area contributed by atoms with Crippen molar-refractivity contribution >= 4 is 39.0 Å². The van der Waals surface area contributed by atoms with Gasteiger partial charge in [-0.2, -0.15) is 0 Å². The standard InChI is InChI=1S/C21H24N2O4S/c1-12(2)9-14(21(26)23-8-7-16-19(23)15(24)11-27-16)22-20(25)18-10-13-5-3-4-6-17(13)28-18/h3-6,10,12,14,16,19H,7-9,11H2,1-2H3,(H,22,25). The van der Waals surface area contributed by atoms with Gasteiger partial charge >= 0.3 is 0 Å². The molecule has 0 spiro atoms. The minimum atomic E-state index is -0.648. The number of carbonyl (C=O) groups excluding carboxylic acids is 3. The van der Waals surface area contributed by atoms with Gasteiger partial charge in [0.1, 0.15) is 18.7 Å². The Morgan fingerprint density at radius 3 is 2.86 bits per heavy atom. The summed E-state index contributed by atoms with van der Waals surface area (Å²) >= 11 is 1.41. The third-order valence-corrected chi connectivity index (χ3v) is 6.47. The number of likely N-dealkylation sites (tertiary alicyclic amines) is 1. The SMILES string of the molecule is CC(C)CC(NC(=O)c1cc2ccccc2s1)C(=O)N1CCC2OCC(=O)C21. The van der Waals surface area contributed by atoms with E-state index >= 15 is 0 Å². The predicted molar refractivity (Wildman–Crippen MR) is 107 cm³/mol. The van der Waals surface area contributed by atoms with Crippen LogP contribution in [0.15, 0.2) is 30.3 Å². The van der Waals surface area contributed by atoms with Gasteiger partial charge in [0.2, 0.25) is 5.91 Å². The van der Waals surface area contributed by atoms with Gasteiger partial charge in [0, 0.05) is 11.2 Å². The Labute approximate surface area is 167 Å². The number of carbonyl (C=O) groups is 3. The second-order valence-electron chi connectivity index (χ2n) is 7.88. The zero-order chi connectivity index (χ0) is 19.8. The Morgan fingerprint density at radius 2 is 2.11 bits per heavy atom. The van der Waals surface area contributed by atoms with Crippen LogP contribution >= 0.6 is 11.3 Å². The van der Waals surface area contributed by atoms with Crippen LogP contribution in [0.2, 0.25) is 0 Å². The van der Waals surface area contributed by atoms with Crippen molar-refractivity contribution in [2.75, 3.05) is 13.2 Å². The Kier molecular flexibility index (Phi) is 5.21. The van der Waals surface area contributed by atoms with Gasteiger partial charge in [-0.05, 0) is 36.3 Å². The van der Waals surface area contributed by atoms with E-state index in [2.05, 4.69) is 5.32 Å². The molecule has 7 heteroatoms. The summed E-state index contributed by atoms with van der Waals surface area (Å²) in [6.07, 6.45) is 0.994. The number of fused-ring (bicyclic) bond motifs is 2. The number of benzene rings is 1. The Balaban J connectivity index is 1.53. The zero-order valence-electron chi connectivity index (χ0n) is 16.0. The minimum absolute atomic E-state index is 0.0463. The lowest BCUT2D eigenvalue weighted by atomic mass is 10.0. The number of amides is 2. The molecule has 2 aliphatic rings. The van der Waals surface area contributed by atoms with Crippen LogP contribution in [0, 0.1) is 5.92 Å². The van der Waals surface area contributed by atoms with Gasteiger partial charge in [0.05, 0.1) is 11.0 Å². The molecule has 0 saturated carbocycles. The van der Waals surface area contributed by atoms with E-state index in [1.165, 1.54) is 11.3 Å². The largest absolute Gasteiger partial charge is 0.368 e. The molecule has 2 fully saturated rings. The van der Waals surface area contributed by atoms with E-state index in [1.54, 1.807) is 4.90 Å². The van der Waals surface area contributed by atoms with Crippen molar-refractivity contribution in [3.63, 3.8) is 0 Å². The second kappa shape index (κ2) is 7.64.